The van der Waals surface area contributed by atoms with Gasteiger partial charge in [0.2, 0.25) is 0 Å². The molecule has 84 valence electrons. The fourth-order valence-corrected chi connectivity index (χ4v) is 3.23. The van der Waals surface area contributed by atoms with E-state index in [9.17, 15) is 0 Å². The van der Waals surface area contributed by atoms with E-state index in [0.717, 1.165) is 11.6 Å². The summed E-state index contributed by atoms with van der Waals surface area (Å²) < 4.78 is 0. The van der Waals surface area contributed by atoms with Crippen LogP contribution in [0, 0.1) is 0 Å². The van der Waals surface area contributed by atoms with E-state index in [2.05, 4.69) is 30.3 Å². The fraction of sp³-hybridized carbons (Fsp3) is 0.429. The van der Waals surface area contributed by atoms with Crippen molar-refractivity contribution in [2.24, 2.45) is 0 Å². The first-order valence-electron chi connectivity index (χ1n) is 5.95. The molecule has 1 aliphatic heterocycles. The van der Waals surface area contributed by atoms with E-state index in [-0.39, 0.29) is 0 Å². The zero-order chi connectivity index (χ0) is 11.1. The molecule has 0 N–H and O–H groups in total. The van der Waals surface area contributed by atoms with Crippen LogP contribution in [0.1, 0.15) is 35.4 Å². The zero-order valence-corrected chi connectivity index (χ0v) is 10.3. The minimum Gasteiger partial charge on any atom is -0.380 e. The van der Waals surface area contributed by atoms with Gasteiger partial charge in [-0.3, -0.25) is 0 Å². The Morgan fingerprint density at radius 1 is 1.38 bits per heavy atom. The summed E-state index contributed by atoms with van der Waals surface area (Å²) in [6, 6.07) is 4.26. The number of hydrogen-bond donors (Lipinski definition) is 0. The molecule has 0 aromatic heterocycles. The van der Waals surface area contributed by atoms with Crippen LogP contribution in [0.15, 0.2) is 18.3 Å². The van der Waals surface area contributed by atoms with E-state index in [4.69, 9.17) is 11.6 Å². The van der Waals surface area contributed by atoms with E-state index < -0.39 is 0 Å². The molecule has 0 bridgehead atoms. The Morgan fingerprint density at radius 2 is 2.25 bits per heavy atom. The Labute approximate surface area is 102 Å². The van der Waals surface area contributed by atoms with Crippen LogP contribution in [0.4, 0.5) is 0 Å². The van der Waals surface area contributed by atoms with Crippen LogP contribution in [0.25, 0.3) is 6.08 Å². The van der Waals surface area contributed by atoms with Crippen LogP contribution in [-0.4, -0.2) is 18.5 Å². The summed E-state index contributed by atoms with van der Waals surface area (Å²) in [6.45, 7) is 1.12. The van der Waals surface area contributed by atoms with Crippen molar-refractivity contribution in [2.45, 2.75) is 25.2 Å². The summed E-state index contributed by atoms with van der Waals surface area (Å²) in [5.74, 6) is 0.664. The maximum absolute atomic E-state index is 6.31. The van der Waals surface area contributed by atoms with Crippen LogP contribution in [0.3, 0.4) is 0 Å². The maximum atomic E-state index is 6.31. The highest BCUT2D eigenvalue weighted by Crippen LogP contribution is 2.39. The monoisotopic (exact) mass is 233 g/mol. The minimum atomic E-state index is 0.664. The molecule has 16 heavy (non-hydrogen) atoms. The van der Waals surface area contributed by atoms with Crippen LogP contribution in [-0.2, 0) is 6.42 Å². The summed E-state index contributed by atoms with van der Waals surface area (Å²) in [4.78, 5) is 2.27. The molecular weight excluding hydrogens is 218 g/mol. The van der Waals surface area contributed by atoms with Crippen LogP contribution < -0.4 is 0 Å². The summed E-state index contributed by atoms with van der Waals surface area (Å²) >= 11 is 6.31. The van der Waals surface area contributed by atoms with Gasteiger partial charge in [-0.05, 0) is 54.3 Å². The molecule has 0 saturated heterocycles. The highest BCUT2D eigenvalue weighted by Gasteiger charge is 2.25. The SMILES string of the molecule is CN1C=Cc2c(Cl)ccc3c2C(CCC3)C1. The van der Waals surface area contributed by atoms with E-state index in [1.54, 1.807) is 0 Å². The van der Waals surface area contributed by atoms with Gasteiger partial charge in [0, 0.05) is 24.5 Å². The Morgan fingerprint density at radius 3 is 3.12 bits per heavy atom. The molecule has 0 saturated carbocycles. The van der Waals surface area contributed by atoms with Crippen molar-refractivity contribution < 1.29 is 0 Å². The van der Waals surface area contributed by atoms with Gasteiger partial charge in [-0.1, -0.05) is 17.7 Å². The van der Waals surface area contributed by atoms with Crippen molar-refractivity contribution in [3.8, 4) is 0 Å². The molecule has 0 spiro atoms. The summed E-state index contributed by atoms with van der Waals surface area (Å²) in [7, 11) is 2.14. The van der Waals surface area contributed by atoms with Gasteiger partial charge in [0.25, 0.3) is 0 Å². The van der Waals surface area contributed by atoms with Crippen molar-refractivity contribution in [3.05, 3.63) is 40.0 Å². The summed E-state index contributed by atoms with van der Waals surface area (Å²) in [5.41, 5.74) is 4.28. The highest BCUT2D eigenvalue weighted by atomic mass is 35.5. The third-order valence-corrected chi connectivity index (χ3v) is 4.06. The molecule has 2 heteroatoms. The van der Waals surface area contributed by atoms with Crippen LogP contribution in [0.2, 0.25) is 5.02 Å². The average molecular weight is 234 g/mol. The second-order valence-corrected chi connectivity index (χ2v) is 5.29. The lowest BCUT2D eigenvalue weighted by Crippen LogP contribution is -2.21. The molecule has 1 heterocycles. The molecule has 1 aliphatic carbocycles. The standard InChI is InChI=1S/C14H16ClN/c1-16-8-7-12-13(15)6-5-10-3-2-4-11(9-16)14(10)12/h5-8,11H,2-4,9H2,1H3. The van der Waals surface area contributed by atoms with Gasteiger partial charge in [0.15, 0.2) is 0 Å². The molecule has 3 rings (SSSR count). The van der Waals surface area contributed by atoms with Gasteiger partial charge >= 0.3 is 0 Å². The Kier molecular flexibility index (Phi) is 2.44. The fourth-order valence-electron chi connectivity index (χ4n) is 3.00. The first-order valence-corrected chi connectivity index (χ1v) is 6.33. The highest BCUT2D eigenvalue weighted by molar-refractivity contribution is 6.32. The molecule has 2 aliphatic rings. The van der Waals surface area contributed by atoms with Crippen molar-refractivity contribution in [1.29, 1.82) is 0 Å². The summed E-state index contributed by atoms with van der Waals surface area (Å²) in [6.07, 6.45) is 8.15. The molecule has 1 atom stereocenters. The van der Waals surface area contributed by atoms with Gasteiger partial charge < -0.3 is 4.90 Å². The van der Waals surface area contributed by atoms with Crippen LogP contribution >= 0.6 is 11.6 Å². The van der Waals surface area contributed by atoms with E-state index in [1.165, 1.54) is 36.0 Å². The smallest absolute Gasteiger partial charge is 0.0481 e. The minimum absolute atomic E-state index is 0.664. The summed E-state index contributed by atoms with van der Waals surface area (Å²) in [5, 5.41) is 0.900. The lowest BCUT2D eigenvalue weighted by molar-refractivity contribution is 0.390. The third kappa shape index (κ3) is 1.54. The van der Waals surface area contributed by atoms with Gasteiger partial charge in [-0.15, -0.1) is 0 Å². The quantitative estimate of drug-likeness (QED) is 0.661. The second-order valence-electron chi connectivity index (χ2n) is 4.88. The average Bonchev–Trinajstić information content (AvgIpc) is 2.44. The first-order chi connectivity index (χ1) is 7.75. The lowest BCUT2D eigenvalue weighted by atomic mass is 9.80. The Bertz CT molecular complexity index is 450. The number of rotatable bonds is 0. The Hall–Kier alpha value is -0.950. The number of aryl methyl sites for hydroxylation is 1. The number of likely N-dealkylation sites (N-methyl/N-ethyl adjacent to an activating group) is 1. The second kappa shape index (κ2) is 3.81. The molecule has 1 aromatic carbocycles. The van der Waals surface area contributed by atoms with Crippen LogP contribution in [0.5, 0.6) is 0 Å². The van der Waals surface area contributed by atoms with Crippen molar-refractivity contribution in [3.63, 3.8) is 0 Å². The first kappa shape index (κ1) is 10.2. The van der Waals surface area contributed by atoms with E-state index in [1.807, 2.05) is 6.07 Å². The van der Waals surface area contributed by atoms with Crippen molar-refractivity contribution in [2.75, 3.05) is 13.6 Å². The number of hydrogen-bond acceptors (Lipinski definition) is 1. The Balaban J connectivity index is 2.21. The van der Waals surface area contributed by atoms with E-state index in [0.29, 0.717) is 5.92 Å². The molecule has 0 radical (unpaired) electrons. The number of benzene rings is 1. The van der Waals surface area contributed by atoms with Gasteiger partial charge in [0.1, 0.15) is 0 Å². The predicted molar refractivity (Wildman–Crippen MR) is 68.8 cm³/mol. The molecule has 0 amide bonds. The molecule has 1 aromatic rings. The molecule has 1 unspecified atom stereocenters. The van der Waals surface area contributed by atoms with E-state index >= 15 is 0 Å². The maximum Gasteiger partial charge on any atom is 0.0481 e. The van der Waals surface area contributed by atoms with Gasteiger partial charge in [-0.25, -0.2) is 0 Å². The van der Waals surface area contributed by atoms with Crippen molar-refractivity contribution in [1.82, 2.24) is 4.90 Å². The zero-order valence-electron chi connectivity index (χ0n) is 9.54. The largest absolute Gasteiger partial charge is 0.380 e. The third-order valence-electron chi connectivity index (χ3n) is 3.74. The predicted octanol–water partition coefficient (Wildman–Crippen LogP) is 3.68. The molecule has 0 fully saturated rings. The normalized spacial score (nSPS) is 22.9. The number of halogens is 1. The lowest BCUT2D eigenvalue weighted by Gasteiger charge is -2.28. The number of nitrogens with zero attached hydrogens (tertiary/aromatic N) is 1. The van der Waals surface area contributed by atoms with Crippen molar-refractivity contribution >= 4 is 17.7 Å². The van der Waals surface area contributed by atoms with Gasteiger partial charge in [-0.2, -0.15) is 0 Å². The topological polar surface area (TPSA) is 3.24 Å². The molecular formula is C14H16ClN. The molecule has 1 nitrogen and oxygen atoms in total. The van der Waals surface area contributed by atoms with Gasteiger partial charge in [0.05, 0.1) is 0 Å².